The topological polar surface area (TPSA) is 46.4 Å². The van der Waals surface area contributed by atoms with Gasteiger partial charge in [-0.2, -0.15) is 0 Å². The van der Waals surface area contributed by atoms with Gasteiger partial charge in [-0.3, -0.25) is 9.20 Å². The van der Waals surface area contributed by atoms with Crippen LogP contribution in [0.25, 0.3) is 5.65 Å². The first-order valence-electron chi connectivity index (χ1n) is 7.02. The molecule has 0 aliphatic carbocycles. The number of nitrogens with one attached hydrogen (secondary N) is 1. The van der Waals surface area contributed by atoms with E-state index in [1.807, 2.05) is 44.2 Å². The quantitative estimate of drug-likeness (QED) is 0.804. The highest BCUT2D eigenvalue weighted by molar-refractivity contribution is 6.30. The number of nitrogens with zero attached hydrogens (tertiary/aromatic N) is 2. The van der Waals surface area contributed by atoms with E-state index in [9.17, 15) is 4.79 Å². The van der Waals surface area contributed by atoms with Gasteiger partial charge in [0.25, 0.3) is 5.56 Å². The van der Waals surface area contributed by atoms with Gasteiger partial charge in [0.05, 0.1) is 12.2 Å². The van der Waals surface area contributed by atoms with Crippen molar-refractivity contribution in [2.24, 2.45) is 0 Å². The molecule has 0 aliphatic heterocycles. The Hall–Kier alpha value is -2.33. The van der Waals surface area contributed by atoms with E-state index in [1.54, 1.807) is 16.7 Å². The maximum atomic E-state index is 12.2. The molecule has 0 unspecified atom stereocenters. The van der Waals surface area contributed by atoms with Crippen LogP contribution in [0.2, 0.25) is 5.02 Å². The van der Waals surface area contributed by atoms with Crippen LogP contribution in [0.5, 0.6) is 0 Å². The van der Waals surface area contributed by atoms with Crippen LogP contribution in [0.4, 0.5) is 5.69 Å². The molecule has 0 aliphatic rings. The van der Waals surface area contributed by atoms with Crippen molar-refractivity contribution < 1.29 is 0 Å². The van der Waals surface area contributed by atoms with Crippen molar-refractivity contribution in [1.82, 2.24) is 9.38 Å². The van der Waals surface area contributed by atoms with Crippen LogP contribution in [-0.2, 0) is 6.54 Å². The predicted octanol–water partition coefficient (Wildman–Crippen LogP) is 3.58. The van der Waals surface area contributed by atoms with E-state index in [-0.39, 0.29) is 5.56 Å². The molecule has 1 aromatic carbocycles. The molecule has 1 N–H and O–H groups in total. The number of anilines is 1. The third-order valence-corrected chi connectivity index (χ3v) is 3.74. The van der Waals surface area contributed by atoms with Crippen LogP contribution in [0.1, 0.15) is 16.8 Å². The fourth-order valence-corrected chi connectivity index (χ4v) is 2.59. The standard InChI is InChI=1S/C17H16ClN3O/c1-11-3-6-16-20-14(8-17(22)21(16)10-11)9-19-15-5-4-13(18)7-12(15)2/h3-8,10,19H,9H2,1-2H3. The second kappa shape index (κ2) is 5.81. The normalized spacial score (nSPS) is 10.9. The molecule has 2 heterocycles. The monoisotopic (exact) mass is 313 g/mol. The summed E-state index contributed by atoms with van der Waals surface area (Å²) in [6.45, 7) is 4.42. The van der Waals surface area contributed by atoms with Crippen molar-refractivity contribution in [1.29, 1.82) is 0 Å². The lowest BCUT2D eigenvalue weighted by atomic mass is 10.2. The van der Waals surface area contributed by atoms with E-state index in [4.69, 9.17) is 11.6 Å². The second-order valence-corrected chi connectivity index (χ2v) is 5.77. The highest BCUT2D eigenvalue weighted by atomic mass is 35.5. The van der Waals surface area contributed by atoms with Crippen LogP contribution in [-0.4, -0.2) is 9.38 Å². The Kier molecular flexibility index (Phi) is 3.86. The van der Waals surface area contributed by atoms with Gasteiger partial charge in [-0.05, 0) is 49.2 Å². The summed E-state index contributed by atoms with van der Waals surface area (Å²) in [7, 11) is 0. The lowest BCUT2D eigenvalue weighted by Gasteiger charge is -2.10. The molecule has 3 rings (SSSR count). The number of aromatic nitrogens is 2. The molecule has 3 aromatic rings. The Labute approximate surface area is 133 Å². The number of rotatable bonds is 3. The zero-order valence-corrected chi connectivity index (χ0v) is 13.2. The van der Waals surface area contributed by atoms with Gasteiger partial charge in [0.2, 0.25) is 0 Å². The first-order chi connectivity index (χ1) is 10.5. The fourth-order valence-electron chi connectivity index (χ4n) is 2.36. The summed E-state index contributed by atoms with van der Waals surface area (Å²) in [6.07, 6.45) is 1.80. The molecular weight excluding hydrogens is 298 g/mol. The summed E-state index contributed by atoms with van der Waals surface area (Å²) >= 11 is 5.95. The van der Waals surface area contributed by atoms with E-state index in [0.29, 0.717) is 22.9 Å². The van der Waals surface area contributed by atoms with Gasteiger partial charge < -0.3 is 5.32 Å². The number of pyridine rings is 1. The average Bonchev–Trinajstić information content (AvgIpc) is 2.47. The SMILES string of the molecule is Cc1ccc2nc(CNc3ccc(Cl)cc3C)cc(=O)n2c1. The number of halogens is 1. The zero-order chi connectivity index (χ0) is 15.7. The van der Waals surface area contributed by atoms with Crippen molar-refractivity contribution in [2.75, 3.05) is 5.32 Å². The molecule has 0 saturated carbocycles. The average molecular weight is 314 g/mol. The van der Waals surface area contributed by atoms with Crippen LogP contribution < -0.4 is 10.9 Å². The molecule has 0 fully saturated rings. The smallest absolute Gasteiger partial charge is 0.258 e. The minimum absolute atomic E-state index is 0.0710. The molecule has 0 saturated heterocycles. The Morgan fingerprint density at radius 2 is 2.00 bits per heavy atom. The van der Waals surface area contributed by atoms with Crippen molar-refractivity contribution in [3.05, 3.63) is 74.8 Å². The molecule has 22 heavy (non-hydrogen) atoms. The minimum atomic E-state index is -0.0710. The summed E-state index contributed by atoms with van der Waals surface area (Å²) in [4.78, 5) is 16.7. The van der Waals surface area contributed by atoms with Crippen molar-refractivity contribution >= 4 is 22.9 Å². The number of fused-ring (bicyclic) bond motifs is 1. The van der Waals surface area contributed by atoms with Gasteiger partial charge in [-0.25, -0.2) is 4.98 Å². The number of aryl methyl sites for hydroxylation is 2. The zero-order valence-electron chi connectivity index (χ0n) is 12.4. The van der Waals surface area contributed by atoms with Gasteiger partial charge in [0.15, 0.2) is 0 Å². The van der Waals surface area contributed by atoms with Crippen LogP contribution in [0, 0.1) is 13.8 Å². The highest BCUT2D eigenvalue weighted by Gasteiger charge is 2.04. The molecule has 4 nitrogen and oxygen atoms in total. The summed E-state index contributed by atoms with van der Waals surface area (Å²) in [5.74, 6) is 0. The Balaban J connectivity index is 1.88. The van der Waals surface area contributed by atoms with Gasteiger partial charge in [0, 0.05) is 23.0 Å². The van der Waals surface area contributed by atoms with Gasteiger partial charge in [-0.15, -0.1) is 0 Å². The summed E-state index contributed by atoms with van der Waals surface area (Å²) in [6, 6.07) is 11.0. The van der Waals surface area contributed by atoms with Crippen molar-refractivity contribution in [3.63, 3.8) is 0 Å². The van der Waals surface area contributed by atoms with E-state index in [2.05, 4.69) is 10.3 Å². The Morgan fingerprint density at radius 1 is 1.18 bits per heavy atom. The molecule has 2 aromatic heterocycles. The van der Waals surface area contributed by atoms with Crippen LogP contribution in [0.15, 0.2) is 47.4 Å². The number of benzene rings is 1. The first-order valence-corrected chi connectivity index (χ1v) is 7.40. The Morgan fingerprint density at radius 3 is 2.77 bits per heavy atom. The van der Waals surface area contributed by atoms with Crippen LogP contribution in [0.3, 0.4) is 0 Å². The van der Waals surface area contributed by atoms with Crippen molar-refractivity contribution in [2.45, 2.75) is 20.4 Å². The third-order valence-electron chi connectivity index (χ3n) is 3.51. The molecule has 0 radical (unpaired) electrons. The van der Waals surface area contributed by atoms with Gasteiger partial charge >= 0.3 is 0 Å². The largest absolute Gasteiger partial charge is 0.379 e. The molecule has 0 atom stereocenters. The molecule has 5 heteroatoms. The maximum Gasteiger partial charge on any atom is 0.258 e. The molecular formula is C17H16ClN3O. The molecule has 0 spiro atoms. The second-order valence-electron chi connectivity index (χ2n) is 5.33. The number of hydrogen-bond donors (Lipinski definition) is 1. The van der Waals surface area contributed by atoms with Crippen LogP contribution >= 0.6 is 11.6 Å². The van der Waals surface area contributed by atoms with Gasteiger partial charge in [-0.1, -0.05) is 17.7 Å². The molecule has 0 amide bonds. The van der Waals surface area contributed by atoms with E-state index in [1.165, 1.54) is 0 Å². The fraction of sp³-hybridized carbons (Fsp3) is 0.176. The summed E-state index contributed by atoms with van der Waals surface area (Å²) in [5, 5.41) is 4.00. The van der Waals surface area contributed by atoms with Crippen molar-refractivity contribution in [3.8, 4) is 0 Å². The Bertz CT molecular complexity index is 902. The lowest BCUT2D eigenvalue weighted by Crippen LogP contribution is -2.17. The summed E-state index contributed by atoms with van der Waals surface area (Å²) < 4.78 is 1.56. The number of hydrogen-bond acceptors (Lipinski definition) is 3. The first kappa shape index (κ1) is 14.6. The van der Waals surface area contributed by atoms with E-state index >= 15 is 0 Å². The predicted molar refractivity (Wildman–Crippen MR) is 89.7 cm³/mol. The highest BCUT2D eigenvalue weighted by Crippen LogP contribution is 2.20. The van der Waals surface area contributed by atoms with Gasteiger partial charge in [0.1, 0.15) is 5.65 Å². The molecule has 0 bridgehead atoms. The minimum Gasteiger partial charge on any atom is -0.379 e. The van der Waals surface area contributed by atoms with E-state index < -0.39 is 0 Å². The maximum absolute atomic E-state index is 12.2. The lowest BCUT2D eigenvalue weighted by molar-refractivity contribution is 0.964. The van der Waals surface area contributed by atoms with E-state index in [0.717, 1.165) is 16.8 Å². The summed E-state index contributed by atoms with van der Waals surface area (Å²) in [5.41, 5.74) is 4.36. The third kappa shape index (κ3) is 2.97. The molecule has 112 valence electrons.